The van der Waals surface area contributed by atoms with E-state index in [1.807, 2.05) is 0 Å². The largest absolute Gasteiger partial charge is 0.343 e. The number of unbranched alkanes of at least 4 members (excludes halogenated alkanes) is 2. The first-order valence-corrected chi connectivity index (χ1v) is 3.41. The first-order valence-electron chi connectivity index (χ1n) is 3.41. The predicted molar refractivity (Wildman–Crippen MR) is 128 cm³/mol. The Labute approximate surface area is 182 Å². The molecule has 0 atom stereocenters. The number of hydrogen-bond acceptors (Lipinski definition) is 0. The Bertz CT molecular complexity index is 13.9. The molecule has 0 heterocycles. The van der Waals surface area contributed by atoms with Crippen LogP contribution in [0.15, 0.2) is 0 Å². The maximum atomic E-state index is 3.60. The molecule has 0 rings (SSSR count). The molecule has 0 nitrogen and oxygen atoms in total. The summed E-state index contributed by atoms with van der Waals surface area (Å²) in [6, 6.07) is 0. The molecule has 0 aromatic rings. The molecule has 0 unspecified atom stereocenters. The molecule has 0 aromatic carbocycles. The van der Waals surface area contributed by atoms with Gasteiger partial charge in [-0.1, -0.05) is 123 Å². The van der Waals surface area contributed by atoms with Crippen LogP contribution in [0.5, 0.6) is 0 Å². The molecule has 0 bridgehead atoms. The van der Waals surface area contributed by atoms with Crippen molar-refractivity contribution in [2.45, 2.75) is 136 Å². The van der Waals surface area contributed by atoms with Crippen molar-refractivity contribution in [2.75, 3.05) is 0 Å². The monoisotopic (exact) mass is 411 g/mol. The molecule has 0 aliphatic heterocycles. The van der Waals surface area contributed by atoms with E-state index in [0.717, 1.165) is 12.8 Å². The maximum absolute atomic E-state index is 3.60. The van der Waals surface area contributed by atoms with Gasteiger partial charge in [-0.05, 0) is 0 Å². The van der Waals surface area contributed by atoms with Crippen molar-refractivity contribution in [3.8, 4) is 0 Å². The van der Waals surface area contributed by atoms with Crippen LogP contribution >= 0.6 is 0 Å². The summed E-state index contributed by atoms with van der Waals surface area (Å²) in [6.07, 6.45) is 4.56. The van der Waals surface area contributed by atoms with Crippen LogP contribution in [0.2, 0.25) is 0 Å². The Balaban J connectivity index is -0.00000000143. The van der Waals surface area contributed by atoms with E-state index in [1.165, 1.54) is 12.8 Å². The average molecular weight is 412 g/mol. The summed E-state index contributed by atoms with van der Waals surface area (Å²) in [5.41, 5.74) is 0. The van der Waals surface area contributed by atoms with Gasteiger partial charge in [0.2, 0.25) is 0 Å². The van der Waals surface area contributed by atoms with E-state index < -0.39 is 0 Å². The SMILES string of the molecule is C.C.C.C.C.C.C.C.C.C.C.C.C.[CH2-]CCC.[CH2-]CCC.[Y]. The van der Waals surface area contributed by atoms with Gasteiger partial charge in [-0.15, -0.1) is 0 Å². The Morgan fingerprint density at radius 1 is 0.409 bits per heavy atom. The summed E-state index contributed by atoms with van der Waals surface area (Å²) in [5.74, 6) is 0. The zero-order chi connectivity index (χ0) is 6.83. The first kappa shape index (κ1) is 224. The van der Waals surface area contributed by atoms with Gasteiger partial charge in [0.05, 0.1) is 0 Å². The Morgan fingerprint density at radius 3 is 0.455 bits per heavy atom. The fourth-order valence-electron chi connectivity index (χ4n) is 0. The van der Waals surface area contributed by atoms with Gasteiger partial charge in [0.15, 0.2) is 0 Å². The molecule has 159 valence electrons. The van der Waals surface area contributed by atoms with E-state index in [-0.39, 0.29) is 129 Å². The molecule has 1 heteroatoms. The van der Waals surface area contributed by atoms with Gasteiger partial charge in [-0.3, -0.25) is 0 Å². The fourth-order valence-corrected chi connectivity index (χ4v) is 0. The molecule has 0 saturated heterocycles. The van der Waals surface area contributed by atoms with Gasteiger partial charge >= 0.3 is 0 Å². The standard InChI is InChI=1S/2C4H9.13CH4.Y/c2*1-3-4-2;;;;;;;;;;;;;;/h2*1,3-4H2,2H3;13*1H4;/q2*-1;;;;;;;;;;;;;;. The third-order valence-electron chi connectivity index (χ3n) is 0.707. The second-order valence-corrected chi connectivity index (χ2v) is 1.71. The fraction of sp³-hybridized carbons (Fsp3) is 0.905. The van der Waals surface area contributed by atoms with Crippen molar-refractivity contribution < 1.29 is 32.7 Å². The zero-order valence-electron chi connectivity index (χ0n) is 6.82. The molecule has 0 spiro atoms. The Morgan fingerprint density at radius 2 is 0.455 bits per heavy atom. The van der Waals surface area contributed by atoms with Gasteiger partial charge in [0, 0.05) is 32.7 Å². The molecule has 0 N–H and O–H groups in total. The van der Waals surface area contributed by atoms with Gasteiger partial charge in [-0.2, -0.15) is 12.8 Å². The molecule has 22 heavy (non-hydrogen) atoms. The number of hydrogen-bond donors (Lipinski definition) is 0. The van der Waals surface area contributed by atoms with Crippen molar-refractivity contribution in [1.29, 1.82) is 0 Å². The van der Waals surface area contributed by atoms with Gasteiger partial charge in [0.1, 0.15) is 0 Å². The van der Waals surface area contributed by atoms with Crippen molar-refractivity contribution in [2.24, 2.45) is 0 Å². The van der Waals surface area contributed by atoms with E-state index in [4.69, 9.17) is 0 Å². The second kappa shape index (κ2) is 378. The summed E-state index contributed by atoms with van der Waals surface area (Å²) < 4.78 is 0. The molecule has 0 aliphatic rings. The van der Waals surface area contributed by atoms with Crippen LogP contribution in [-0.2, 0) is 32.7 Å². The summed E-state index contributed by atoms with van der Waals surface area (Å²) in [4.78, 5) is 0. The van der Waals surface area contributed by atoms with Crippen molar-refractivity contribution in [3.05, 3.63) is 13.8 Å². The predicted octanol–water partition coefficient (Wildman–Crippen LogP) is 11.5. The van der Waals surface area contributed by atoms with Gasteiger partial charge in [-0.25, -0.2) is 0 Å². The van der Waals surface area contributed by atoms with Gasteiger partial charge < -0.3 is 13.8 Å². The molecule has 0 aromatic heterocycles. The quantitative estimate of drug-likeness (QED) is 0.396. The summed E-state index contributed by atoms with van der Waals surface area (Å²) in [7, 11) is 0. The van der Waals surface area contributed by atoms with E-state index in [1.54, 1.807) is 0 Å². The Hall–Kier alpha value is 1.10. The summed E-state index contributed by atoms with van der Waals surface area (Å²) in [5, 5.41) is 0. The normalized spacial score (nSPS) is 2.73. The van der Waals surface area contributed by atoms with Gasteiger partial charge in [0.25, 0.3) is 0 Å². The van der Waals surface area contributed by atoms with E-state index >= 15 is 0 Å². The average Bonchev–Trinajstić information content (AvgIpc) is 1.88. The van der Waals surface area contributed by atoms with E-state index in [0.29, 0.717) is 0 Å². The zero-order valence-corrected chi connectivity index (χ0v) is 9.66. The molecule has 0 saturated carbocycles. The molecule has 1 radical (unpaired) electrons. The summed E-state index contributed by atoms with van der Waals surface area (Å²) in [6.45, 7) is 11.4. The molecule has 0 fully saturated rings. The number of rotatable bonds is 2. The molecular weight excluding hydrogens is 341 g/mol. The van der Waals surface area contributed by atoms with Crippen molar-refractivity contribution in [3.63, 3.8) is 0 Å². The van der Waals surface area contributed by atoms with Crippen LogP contribution in [0.1, 0.15) is 136 Å². The second-order valence-electron chi connectivity index (χ2n) is 1.71. The minimum Gasteiger partial charge on any atom is -0.343 e. The van der Waals surface area contributed by atoms with Crippen molar-refractivity contribution in [1.82, 2.24) is 0 Å². The van der Waals surface area contributed by atoms with E-state index in [9.17, 15) is 0 Å². The van der Waals surface area contributed by atoms with Crippen LogP contribution in [0.4, 0.5) is 0 Å². The van der Waals surface area contributed by atoms with Crippen LogP contribution in [0.3, 0.4) is 0 Å². The van der Waals surface area contributed by atoms with Crippen LogP contribution in [0.25, 0.3) is 0 Å². The molecule has 0 aliphatic carbocycles. The summed E-state index contributed by atoms with van der Waals surface area (Å²) >= 11 is 0. The topological polar surface area (TPSA) is 0 Å². The molecule has 0 amide bonds. The van der Waals surface area contributed by atoms with E-state index in [2.05, 4.69) is 27.7 Å². The van der Waals surface area contributed by atoms with Crippen LogP contribution in [0, 0.1) is 13.8 Å². The third-order valence-corrected chi connectivity index (χ3v) is 0.707. The van der Waals surface area contributed by atoms with Crippen LogP contribution < -0.4 is 0 Å². The Kier molecular flexibility index (Phi) is 3840. The maximum Gasteiger partial charge on any atom is 0 e. The van der Waals surface area contributed by atoms with Crippen molar-refractivity contribution >= 4 is 0 Å². The smallest absolute Gasteiger partial charge is 0 e. The van der Waals surface area contributed by atoms with Crippen LogP contribution in [-0.4, -0.2) is 0 Å². The third kappa shape index (κ3) is 885. The minimum atomic E-state index is 0. The molecular formula is C21H70Y-2. The first-order chi connectivity index (χ1) is 3.83. The minimum absolute atomic E-state index is 0.